The van der Waals surface area contributed by atoms with Crippen molar-refractivity contribution in [3.05, 3.63) is 22.8 Å². The lowest BCUT2D eigenvalue weighted by atomic mass is 10.1. The van der Waals surface area contributed by atoms with Crippen LogP contribution < -0.4 is 0 Å². The van der Waals surface area contributed by atoms with Gasteiger partial charge >= 0.3 is 5.97 Å². The second-order valence-corrected chi connectivity index (χ2v) is 3.44. The minimum atomic E-state index is -0.896. The molecule has 0 aliphatic carbocycles. The van der Waals surface area contributed by atoms with Gasteiger partial charge in [0.15, 0.2) is 0 Å². The molecule has 0 aliphatic rings. The van der Waals surface area contributed by atoms with Gasteiger partial charge in [-0.3, -0.25) is 4.79 Å². The van der Waals surface area contributed by atoms with Crippen LogP contribution in [0, 0.1) is 20.8 Å². The van der Waals surface area contributed by atoms with Crippen molar-refractivity contribution in [2.45, 2.75) is 33.6 Å². The molecule has 0 fully saturated rings. The third-order valence-electron chi connectivity index (χ3n) is 2.41. The van der Waals surface area contributed by atoms with E-state index in [0.29, 0.717) is 5.82 Å². The molecule has 0 spiro atoms. The quantitative estimate of drug-likeness (QED) is 0.776. The number of rotatable bonds is 2. The molecular weight excluding hydrogens is 180 g/mol. The molecule has 0 bridgehead atoms. The molecule has 14 heavy (non-hydrogen) atoms. The van der Waals surface area contributed by atoms with E-state index >= 15 is 0 Å². The number of carbonyl (C=O) groups is 1. The highest BCUT2D eigenvalue weighted by atomic mass is 16.4. The van der Waals surface area contributed by atoms with Crippen molar-refractivity contribution in [1.29, 1.82) is 0 Å². The minimum Gasteiger partial charge on any atom is -0.481 e. The summed E-state index contributed by atoms with van der Waals surface area (Å²) in [5, 5.41) is 8.81. The van der Waals surface area contributed by atoms with Gasteiger partial charge in [-0.2, -0.15) is 0 Å². The van der Waals surface area contributed by atoms with E-state index in [2.05, 4.69) is 9.97 Å². The summed E-state index contributed by atoms with van der Waals surface area (Å²) in [5.41, 5.74) is 2.72. The molecule has 0 aromatic carbocycles. The zero-order valence-corrected chi connectivity index (χ0v) is 8.83. The first-order chi connectivity index (χ1) is 6.43. The SMILES string of the molecule is Cc1nc(C(C)C(=O)O)nc(C)c1C. The second-order valence-electron chi connectivity index (χ2n) is 3.44. The van der Waals surface area contributed by atoms with Crippen molar-refractivity contribution >= 4 is 5.97 Å². The molecular formula is C10H14N2O2. The molecule has 1 heterocycles. The summed E-state index contributed by atoms with van der Waals surface area (Å²) >= 11 is 0. The van der Waals surface area contributed by atoms with Gasteiger partial charge in [-0.15, -0.1) is 0 Å². The third kappa shape index (κ3) is 1.89. The molecule has 0 aliphatic heterocycles. The smallest absolute Gasteiger partial charge is 0.313 e. The Bertz CT molecular complexity index is 351. The number of hydrogen-bond acceptors (Lipinski definition) is 3. The monoisotopic (exact) mass is 194 g/mol. The van der Waals surface area contributed by atoms with E-state index in [1.165, 1.54) is 0 Å². The number of hydrogen-bond donors (Lipinski definition) is 1. The number of carboxylic acid groups (broad SMARTS) is 1. The Kier molecular flexibility index (Phi) is 2.84. The van der Waals surface area contributed by atoms with Gasteiger partial charge in [-0.1, -0.05) is 0 Å². The zero-order valence-electron chi connectivity index (χ0n) is 8.83. The molecule has 1 aromatic heterocycles. The summed E-state index contributed by atoms with van der Waals surface area (Å²) in [4.78, 5) is 19.1. The summed E-state index contributed by atoms with van der Waals surface area (Å²) in [6.45, 7) is 7.25. The summed E-state index contributed by atoms with van der Waals surface area (Å²) < 4.78 is 0. The Morgan fingerprint density at radius 1 is 1.21 bits per heavy atom. The van der Waals surface area contributed by atoms with Crippen LogP contribution in [0.2, 0.25) is 0 Å². The number of aliphatic carboxylic acids is 1. The normalized spacial score (nSPS) is 12.6. The molecule has 4 heteroatoms. The maximum absolute atomic E-state index is 10.7. The van der Waals surface area contributed by atoms with Crippen LogP contribution in [0.5, 0.6) is 0 Å². The van der Waals surface area contributed by atoms with Gasteiger partial charge in [0.05, 0.1) is 0 Å². The van der Waals surface area contributed by atoms with Crippen LogP contribution in [0.4, 0.5) is 0 Å². The Morgan fingerprint density at radius 2 is 1.64 bits per heavy atom. The molecule has 1 atom stereocenters. The first-order valence-electron chi connectivity index (χ1n) is 4.48. The van der Waals surface area contributed by atoms with E-state index in [1.807, 2.05) is 20.8 Å². The number of nitrogens with zero attached hydrogens (tertiary/aromatic N) is 2. The van der Waals surface area contributed by atoms with Crippen molar-refractivity contribution in [1.82, 2.24) is 9.97 Å². The van der Waals surface area contributed by atoms with E-state index in [0.717, 1.165) is 17.0 Å². The Hall–Kier alpha value is -1.45. The number of aryl methyl sites for hydroxylation is 2. The van der Waals surface area contributed by atoms with Gasteiger partial charge < -0.3 is 5.11 Å². The molecule has 1 N–H and O–H groups in total. The second kappa shape index (κ2) is 3.74. The van der Waals surface area contributed by atoms with Crippen molar-refractivity contribution in [3.63, 3.8) is 0 Å². The first-order valence-corrected chi connectivity index (χ1v) is 4.48. The zero-order chi connectivity index (χ0) is 10.9. The topological polar surface area (TPSA) is 63.1 Å². The first kappa shape index (κ1) is 10.6. The highest BCUT2D eigenvalue weighted by Crippen LogP contribution is 2.14. The van der Waals surface area contributed by atoms with Gasteiger partial charge in [-0.25, -0.2) is 9.97 Å². The fraction of sp³-hybridized carbons (Fsp3) is 0.500. The molecule has 4 nitrogen and oxygen atoms in total. The fourth-order valence-corrected chi connectivity index (χ4v) is 1.10. The van der Waals surface area contributed by atoms with Gasteiger partial charge in [0.1, 0.15) is 11.7 Å². The molecule has 76 valence electrons. The van der Waals surface area contributed by atoms with E-state index in [-0.39, 0.29) is 0 Å². The Balaban J connectivity index is 3.19. The number of carboxylic acids is 1. The van der Waals surface area contributed by atoms with Crippen molar-refractivity contribution in [3.8, 4) is 0 Å². The van der Waals surface area contributed by atoms with E-state index in [1.54, 1.807) is 6.92 Å². The lowest BCUT2D eigenvalue weighted by Gasteiger charge is -2.09. The molecule has 0 amide bonds. The number of aromatic nitrogens is 2. The van der Waals surface area contributed by atoms with Crippen LogP contribution in [0.3, 0.4) is 0 Å². The van der Waals surface area contributed by atoms with E-state index < -0.39 is 11.9 Å². The average Bonchev–Trinajstić information content (AvgIpc) is 2.12. The van der Waals surface area contributed by atoms with Crippen LogP contribution in [0.25, 0.3) is 0 Å². The Morgan fingerprint density at radius 3 is 2.00 bits per heavy atom. The lowest BCUT2D eigenvalue weighted by Crippen LogP contribution is -2.13. The van der Waals surface area contributed by atoms with Crippen LogP contribution in [0.1, 0.15) is 35.6 Å². The van der Waals surface area contributed by atoms with Crippen molar-refractivity contribution in [2.75, 3.05) is 0 Å². The standard InChI is InChI=1S/C10H14N2O2/c1-5-7(3)11-9(12-8(5)4)6(2)10(13)14/h6H,1-4H3,(H,13,14). The third-order valence-corrected chi connectivity index (χ3v) is 2.41. The maximum atomic E-state index is 10.7. The molecule has 0 saturated carbocycles. The maximum Gasteiger partial charge on any atom is 0.313 e. The van der Waals surface area contributed by atoms with Crippen molar-refractivity contribution < 1.29 is 9.90 Å². The van der Waals surface area contributed by atoms with Crippen LogP contribution in [-0.2, 0) is 4.79 Å². The van der Waals surface area contributed by atoms with Gasteiger partial charge in [0.2, 0.25) is 0 Å². The molecule has 1 rings (SSSR count). The predicted molar refractivity (Wildman–Crippen MR) is 52.3 cm³/mol. The average molecular weight is 194 g/mol. The molecule has 1 aromatic rings. The highest BCUT2D eigenvalue weighted by Gasteiger charge is 2.18. The summed E-state index contributed by atoms with van der Waals surface area (Å²) in [6.07, 6.45) is 0. The molecule has 1 unspecified atom stereocenters. The van der Waals surface area contributed by atoms with Gasteiger partial charge in [0.25, 0.3) is 0 Å². The summed E-state index contributed by atoms with van der Waals surface area (Å²) in [6, 6.07) is 0. The van der Waals surface area contributed by atoms with Gasteiger partial charge in [0, 0.05) is 11.4 Å². The minimum absolute atomic E-state index is 0.387. The van der Waals surface area contributed by atoms with Crippen LogP contribution >= 0.6 is 0 Å². The predicted octanol–water partition coefficient (Wildman–Crippen LogP) is 1.59. The summed E-state index contributed by atoms with van der Waals surface area (Å²) in [7, 11) is 0. The molecule has 0 saturated heterocycles. The molecule has 0 radical (unpaired) electrons. The largest absolute Gasteiger partial charge is 0.481 e. The van der Waals surface area contributed by atoms with Crippen molar-refractivity contribution in [2.24, 2.45) is 0 Å². The lowest BCUT2D eigenvalue weighted by molar-refractivity contribution is -0.138. The fourth-order valence-electron chi connectivity index (χ4n) is 1.10. The van der Waals surface area contributed by atoms with E-state index in [9.17, 15) is 4.79 Å². The Labute approximate surface area is 83.0 Å². The van der Waals surface area contributed by atoms with Crippen LogP contribution in [0.15, 0.2) is 0 Å². The van der Waals surface area contributed by atoms with E-state index in [4.69, 9.17) is 5.11 Å². The van der Waals surface area contributed by atoms with Gasteiger partial charge in [-0.05, 0) is 33.3 Å². The van der Waals surface area contributed by atoms with Crippen LogP contribution in [-0.4, -0.2) is 21.0 Å². The highest BCUT2D eigenvalue weighted by molar-refractivity contribution is 5.74. The summed E-state index contributed by atoms with van der Waals surface area (Å²) in [5.74, 6) is -1.15.